The zero-order valence-corrected chi connectivity index (χ0v) is 12.0. The molecule has 0 saturated heterocycles. The van der Waals surface area contributed by atoms with Crippen molar-refractivity contribution in [1.29, 1.82) is 0 Å². The van der Waals surface area contributed by atoms with Crippen LogP contribution in [0.1, 0.15) is 15.9 Å². The maximum Gasteiger partial charge on any atom is 0.214 e. The molecule has 1 aromatic heterocycles. The summed E-state index contributed by atoms with van der Waals surface area (Å²) in [6.07, 6.45) is 0. The zero-order valence-electron chi connectivity index (χ0n) is 11.2. The van der Waals surface area contributed by atoms with Crippen LogP contribution in [0, 0.1) is 0 Å². The summed E-state index contributed by atoms with van der Waals surface area (Å²) < 4.78 is 0. The summed E-state index contributed by atoms with van der Waals surface area (Å²) >= 11 is 5.69. The number of ketones is 1. The Bertz CT molecular complexity index is 929. The molecule has 4 rings (SSSR count). The van der Waals surface area contributed by atoms with Crippen molar-refractivity contribution in [3.05, 3.63) is 64.8 Å². The van der Waals surface area contributed by atoms with Crippen LogP contribution >= 0.6 is 11.6 Å². The maximum absolute atomic E-state index is 12.5. The molecule has 0 aliphatic heterocycles. The summed E-state index contributed by atoms with van der Waals surface area (Å²) in [4.78, 5) is 12.5. The van der Waals surface area contributed by atoms with Crippen LogP contribution in [0.15, 0.2) is 53.6 Å². The standard InChI is InChI=1S/C16H9ClN4O/c17-12-7-8-13(19-18-12)20-21-15-10-5-1-3-9-4-2-6-11(14(9)10)16(15)22/h1-8H,(H,19,20). The van der Waals surface area contributed by atoms with Gasteiger partial charge in [0.05, 0.1) is 0 Å². The molecular weight excluding hydrogens is 300 g/mol. The van der Waals surface area contributed by atoms with Gasteiger partial charge in [-0.15, -0.1) is 10.2 Å². The van der Waals surface area contributed by atoms with E-state index >= 15 is 0 Å². The third-order valence-corrected chi connectivity index (χ3v) is 3.74. The first-order valence-electron chi connectivity index (χ1n) is 6.64. The van der Waals surface area contributed by atoms with E-state index in [2.05, 4.69) is 20.7 Å². The summed E-state index contributed by atoms with van der Waals surface area (Å²) in [6.45, 7) is 0. The minimum atomic E-state index is -0.0961. The Morgan fingerprint density at radius 2 is 1.73 bits per heavy atom. The van der Waals surface area contributed by atoms with E-state index in [4.69, 9.17) is 11.6 Å². The molecule has 0 amide bonds. The monoisotopic (exact) mass is 308 g/mol. The number of carbonyl (C=O) groups excluding carboxylic acids is 1. The van der Waals surface area contributed by atoms with E-state index < -0.39 is 0 Å². The number of rotatable bonds is 2. The third kappa shape index (κ3) is 1.95. The van der Waals surface area contributed by atoms with Gasteiger partial charge in [0.1, 0.15) is 5.71 Å². The largest absolute Gasteiger partial charge is 0.287 e. The van der Waals surface area contributed by atoms with Gasteiger partial charge in [0.15, 0.2) is 11.0 Å². The Kier molecular flexibility index (Phi) is 2.87. The Balaban J connectivity index is 1.78. The highest BCUT2D eigenvalue weighted by Gasteiger charge is 2.28. The van der Waals surface area contributed by atoms with E-state index in [0.29, 0.717) is 22.2 Å². The molecule has 0 unspecified atom stereocenters. The molecule has 5 nitrogen and oxygen atoms in total. The molecule has 22 heavy (non-hydrogen) atoms. The van der Waals surface area contributed by atoms with Crippen LogP contribution in [0.3, 0.4) is 0 Å². The lowest BCUT2D eigenvalue weighted by atomic mass is 10.1. The average Bonchev–Trinajstić information content (AvgIpc) is 2.82. The van der Waals surface area contributed by atoms with Crippen LogP contribution in [-0.2, 0) is 0 Å². The number of nitrogens with one attached hydrogen (secondary N) is 1. The topological polar surface area (TPSA) is 67.2 Å². The Labute approximate surface area is 130 Å². The highest BCUT2D eigenvalue weighted by molar-refractivity contribution is 6.59. The molecule has 2 aromatic carbocycles. The second-order valence-electron chi connectivity index (χ2n) is 4.85. The summed E-state index contributed by atoms with van der Waals surface area (Å²) in [5.41, 5.74) is 4.64. The maximum atomic E-state index is 12.5. The number of hydrogen-bond acceptors (Lipinski definition) is 5. The molecule has 0 spiro atoms. The predicted molar refractivity (Wildman–Crippen MR) is 85.5 cm³/mol. The first kappa shape index (κ1) is 12.9. The number of carbonyl (C=O) groups is 1. The van der Waals surface area contributed by atoms with Gasteiger partial charge in [-0.1, -0.05) is 48.0 Å². The van der Waals surface area contributed by atoms with E-state index in [9.17, 15) is 4.79 Å². The van der Waals surface area contributed by atoms with E-state index in [1.807, 2.05) is 36.4 Å². The Morgan fingerprint density at radius 1 is 0.955 bits per heavy atom. The number of benzene rings is 2. The average molecular weight is 309 g/mol. The Morgan fingerprint density at radius 3 is 2.45 bits per heavy atom. The zero-order chi connectivity index (χ0) is 15.1. The van der Waals surface area contributed by atoms with E-state index in [0.717, 1.165) is 16.3 Å². The molecule has 0 bridgehead atoms. The van der Waals surface area contributed by atoms with Crippen molar-refractivity contribution < 1.29 is 4.79 Å². The van der Waals surface area contributed by atoms with Crippen molar-refractivity contribution in [2.75, 3.05) is 5.43 Å². The molecule has 1 aliphatic carbocycles. The van der Waals surface area contributed by atoms with Gasteiger partial charge in [0.2, 0.25) is 5.78 Å². The molecule has 0 fully saturated rings. The molecule has 1 heterocycles. The van der Waals surface area contributed by atoms with Crippen molar-refractivity contribution in [1.82, 2.24) is 10.2 Å². The molecule has 106 valence electrons. The minimum Gasteiger partial charge on any atom is -0.287 e. The van der Waals surface area contributed by atoms with Crippen LogP contribution in [0.5, 0.6) is 0 Å². The van der Waals surface area contributed by atoms with E-state index in [-0.39, 0.29) is 5.78 Å². The molecule has 0 saturated carbocycles. The second kappa shape index (κ2) is 4.89. The molecule has 1 aliphatic rings. The first-order chi connectivity index (χ1) is 10.7. The SMILES string of the molecule is O=C1C(=NNc2ccc(Cl)nn2)c2cccc3cccc1c23. The number of anilines is 1. The van der Waals surface area contributed by atoms with Gasteiger partial charge in [0.25, 0.3) is 0 Å². The minimum absolute atomic E-state index is 0.0961. The van der Waals surface area contributed by atoms with Crippen LogP contribution in [-0.4, -0.2) is 21.7 Å². The summed E-state index contributed by atoms with van der Waals surface area (Å²) in [5, 5.41) is 14.1. The number of Topliss-reactive ketones (excluding diaryl/α,β-unsaturated/α-hetero) is 1. The molecule has 1 N–H and O–H groups in total. The van der Waals surface area contributed by atoms with Crippen molar-refractivity contribution in [3.63, 3.8) is 0 Å². The molecular formula is C16H9ClN4O. The number of halogens is 1. The van der Waals surface area contributed by atoms with E-state index in [1.165, 1.54) is 0 Å². The van der Waals surface area contributed by atoms with Crippen LogP contribution in [0.4, 0.5) is 5.82 Å². The summed E-state index contributed by atoms with van der Waals surface area (Å²) in [7, 11) is 0. The smallest absolute Gasteiger partial charge is 0.214 e. The van der Waals surface area contributed by atoms with Crippen LogP contribution in [0.2, 0.25) is 5.15 Å². The van der Waals surface area contributed by atoms with Crippen molar-refractivity contribution in [3.8, 4) is 0 Å². The normalized spacial score (nSPS) is 14.8. The van der Waals surface area contributed by atoms with Gasteiger partial charge in [-0.3, -0.25) is 10.2 Å². The summed E-state index contributed by atoms with van der Waals surface area (Å²) in [6, 6.07) is 14.7. The highest BCUT2D eigenvalue weighted by atomic mass is 35.5. The predicted octanol–water partition coefficient (Wildman–Crippen LogP) is 3.30. The van der Waals surface area contributed by atoms with Crippen molar-refractivity contribution in [2.45, 2.75) is 0 Å². The van der Waals surface area contributed by atoms with Gasteiger partial charge in [-0.2, -0.15) is 5.10 Å². The van der Waals surface area contributed by atoms with Crippen molar-refractivity contribution in [2.24, 2.45) is 5.10 Å². The lowest BCUT2D eigenvalue weighted by molar-refractivity contribution is 0.107. The third-order valence-electron chi connectivity index (χ3n) is 3.53. The lowest BCUT2D eigenvalue weighted by Crippen LogP contribution is -2.11. The lowest BCUT2D eigenvalue weighted by Gasteiger charge is -2.01. The van der Waals surface area contributed by atoms with Gasteiger partial charge in [-0.25, -0.2) is 0 Å². The van der Waals surface area contributed by atoms with E-state index in [1.54, 1.807) is 12.1 Å². The molecule has 0 radical (unpaired) electrons. The number of aromatic nitrogens is 2. The van der Waals surface area contributed by atoms with Gasteiger partial charge in [0, 0.05) is 16.5 Å². The summed E-state index contributed by atoms with van der Waals surface area (Å²) in [5.74, 6) is 0.328. The van der Waals surface area contributed by atoms with Gasteiger partial charge >= 0.3 is 0 Å². The fraction of sp³-hybridized carbons (Fsp3) is 0. The second-order valence-corrected chi connectivity index (χ2v) is 5.24. The number of hydrogen-bond donors (Lipinski definition) is 1. The molecule has 3 aromatic rings. The van der Waals surface area contributed by atoms with Crippen LogP contribution in [0.25, 0.3) is 10.8 Å². The van der Waals surface area contributed by atoms with Crippen LogP contribution < -0.4 is 5.43 Å². The highest BCUT2D eigenvalue weighted by Crippen LogP contribution is 2.30. The fourth-order valence-electron chi connectivity index (χ4n) is 2.58. The first-order valence-corrected chi connectivity index (χ1v) is 7.01. The fourth-order valence-corrected chi connectivity index (χ4v) is 2.68. The van der Waals surface area contributed by atoms with Crippen molar-refractivity contribution >= 4 is 39.7 Å². The Hall–Kier alpha value is -2.79. The van der Waals surface area contributed by atoms with Gasteiger partial charge in [-0.05, 0) is 17.5 Å². The number of nitrogens with zero attached hydrogens (tertiary/aromatic N) is 3. The number of hydrazone groups is 1. The molecule has 0 atom stereocenters. The quantitative estimate of drug-likeness (QED) is 0.738. The van der Waals surface area contributed by atoms with Gasteiger partial charge < -0.3 is 0 Å². The molecule has 6 heteroatoms.